The summed E-state index contributed by atoms with van der Waals surface area (Å²) in [6.07, 6.45) is 0. The largest absolute Gasteiger partial charge is 0.311 e. The molecule has 0 fully saturated rings. The van der Waals surface area contributed by atoms with E-state index in [4.69, 9.17) is 0 Å². The predicted molar refractivity (Wildman–Crippen MR) is 531 cm³/mol. The van der Waals surface area contributed by atoms with E-state index in [1.54, 1.807) is 0 Å². The van der Waals surface area contributed by atoms with Gasteiger partial charge < -0.3 is 29.4 Å². The van der Waals surface area contributed by atoms with Gasteiger partial charge in [-0.05, 0) is 426 Å². The summed E-state index contributed by atoms with van der Waals surface area (Å²) in [5.74, 6) is 0. The van der Waals surface area contributed by atoms with Gasteiger partial charge in [-0.25, -0.2) is 0 Å². The number of hydrogen-bond donors (Lipinski definition) is 0. The Morgan fingerprint density at radius 3 is 0.707 bits per heavy atom. The number of benzene rings is 15. The van der Waals surface area contributed by atoms with Crippen molar-refractivity contribution in [3.8, 4) is 0 Å². The molecule has 6 heterocycles. The summed E-state index contributed by atoms with van der Waals surface area (Å²) in [7, 11) is 0. The van der Waals surface area contributed by atoms with Gasteiger partial charge in [0.25, 0.3) is 20.1 Å². The molecule has 0 unspecified atom stereocenters. The highest BCUT2D eigenvalue weighted by Crippen LogP contribution is 2.53. The Hall–Kier alpha value is -12.7. The number of fused-ring (bicyclic) bond motifs is 12. The van der Waals surface area contributed by atoms with Crippen LogP contribution in [0.4, 0.5) is 102 Å². The Morgan fingerprint density at radius 1 is 0.187 bits per heavy atom. The first-order chi connectivity index (χ1) is 59.0. The lowest BCUT2D eigenvalue weighted by molar-refractivity contribution is 0.591. The number of anilines is 18. The molecule has 0 spiro atoms. The monoisotopic (exact) mass is 1590 g/mol. The second kappa shape index (κ2) is 27.9. The average molecular weight is 1590 g/mol. The van der Waals surface area contributed by atoms with Crippen molar-refractivity contribution in [2.24, 2.45) is 0 Å². The SMILES string of the molecule is Cc1ccc(N2c3ccc(C(C)(c4ccc5c(c4)B4c6c(cccc6N(c6cc(C)c(C)c(C)c6)c6cc(C)c(C)c(C)c64)N5c4ccc(C)cc4)c4ccc5c(c4)B4c6c(cccc6N(c6cc(C)c(C)c(C)c6)c6cc(C)c(C)c(C)c64)N5c4ccc(C)cc4)cc3B3c4cc(C(C)(C)C)ccc4N(c4cc(C)c(C)c(C)c4)c4cccc2c43)cc1. The Labute approximate surface area is 730 Å². The van der Waals surface area contributed by atoms with Crippen LogP contribution in [0.3, 0.4) is 0 Å². The van der Waals surface area contributed by atoms with Crippen LogP contribution in [0, 0.1) is 125 Å². The van der Waals surface area contributed by atoms with Gasteiger partial charge >= 0.3 is 0 Å². The third-order valence-corrected chi connectivity index (χ3v) is 30.2. The van der Waals surface area contributed by atoms with Crippen LogP contribution >= 0.6 is 0 Å². The number of nitrogens with zero attached hydrogens (tertiary/aromatic N) is 6. The number of aryl methyl sites for hydroxylation is 11. The van der Waals surface area contributed by atoms with Crippen LogP contribution in [0.5, 0.6) is 0 Å². The molecule has 6 nitrogen and oxygen atoms in total. The molecule has 0 bridgehead atoms. The Morgan fingerprint density at radius 2 is 0.423 bits per heavy atom. The van der Waals surface area contributed by atoms with Crippen molar-refractivity contribution in [2.75, 3.05) is 29.4 Å². The van der Waals surface area contributed by atoms with Gasteiger partial charge in [0.15, 0.2) is 0 Å². The summed E-state index contributed by atoms with van der Waals surface area (Å²) in [5, 5.41) is 0. The maximum absolute atomic E-state index is 2.71. The van der Waals surface area contributed by atoms with Gasteiger partial charge in [0.2, 0.25) is 0 Å². The molecule has 0 aliphatic carbocycles. The minimum Gasteiger partial charge on any atom is -0.311 e. The maximum Gasteiger partial charge on any atom is 0.252 e. The molecule has 0 amide bonds. The van der Waals surface area contributed by atoms with Gasteiger partial charge in [-0.3, -0.25) is 0 Å². The molecule has 602 valence electrons. The van der Waals surface area contributed by atoms with Crippen LogP contribution in [-0.4, -0.2) is 20.1 Å². The minimum atomic E-state index is -0.873. The van der Waals surface area contributed by atoms with Gasteiger partial charge in [0.1, 0.15) is 0 Å². The van der Waals surface area contributed by atoms with Gasteiger partial charge in [-0.15, -0.1) is 0 Å². The smallest absolute Gasteiger partial charge is 0.252 e. The molecule has 0 atom stereocenters. The average Bonchev–Trinajstić information content (AvgIpc) is 0.693. The lowest BCUT2D eigenvalue weighted by atomic mass is 9.32. The molecular weight excluding hydrogens is 1490 g/mol. The van der Waals surface area contributed by atoms with Crippen LogP contribution in [0.2, 0.25) is 0 Å². The van der Waals surface area contributed by atoms with E-state index < -0.39 is 5.41 Å². The highest BCUT2D eigenvalue weighted by molar-refractivity contribution is 7.02. The van der Waals surface area contributed by atoms with Crippen LogP contribution in [0.25, 0.3) is 0 Å². The van der Waals surface area contributed by atoms with Gasteiger partial charge in [-0.1, -0.05) is 152 Å². The number of rotatable bonds is 9. The lowest BCUT2D eigenvalue weighted by Crippen LogP contribution is -2.62. The number of hydrogen-bond acceptors (Lipinski definition) is 6. The van der Waals surface area contributed by atoms with Gasteiger partial charge in [0, 0.05) is 108 Å². The third-order valence-electron chi connectivity index (χ3n) is 30.2. The van der Waals surface area contributed by atoms with Crippen molar-refractivity contribution in [1.82, 2.24) is 0 Å². The molecule has 6 aliphatic rings. The fourth-order valence-corrected chi connectivity index (χ4v) is 22.1. The standard InChI is InChI=1S/C114H107B3N6/c1-64-32-42-86(43-33-64)118-96-49-39-83(61-93(96)115-92-60-82(113(19,20)21)38-48-97(92)121(101-27-23-26-100(118)110(101)115)89-52-67(4)75(12)68(5)53-89)114(22,84-40-50-98-94(62-84)116-108-80(17)78(15)73(10)58-106(108)122(90-54-69(6)76(13)70(7)55-90)104-30-24-28-102(111(104)116)119(98)87-44-34-65(2)35-45-87)85-41-51-99-95(63-85)117-109-81(18)79(16)74(11)59-107(109)123(91-56-71(8)77(14)72(9)57-91)105-31-25-29-103(112(105)117)120(99)88-46-36-66(3)37-47-88/h23-63H,1-22H3. The van der Waals surface area contributed by atoms with Crippen LogP contribution < -0.4 is 78.6 Å². The fourth-order valence-electron chi connectivity index (χ4n) is 22.1. The van der Waals surface area contributed by atoms with Crippen molar-refractivity contribution < 1.29 is 0 Å². The van der Waals surface area contributed by atoms with E-state index in [1.807, 2.05) is 0 Å². The summed E-state index contributed by atoms with van der Waals surface area (Å²) < 4.78 is 0. The summed E-state index contributed by atoms with van der Waals surface area (Å²) in [5.41, 5.74) is 60.5. The first-order valence-electron chi connectivity index (χ1n) is 44.4. The first-order valence-corrected chi connectivity index (χ1v) is 44.4. The molecule has 0 radical (unpaired) electrons. The van der Waals surface area contributed by atoms with Crippen LogP contribution in [-0.2, 0) is 10.8 Å². The quantitative estimate of drug-likeness (QED) is 0.105. The molecular formula is C114H107B3N6. The zero-order valence-corrected chi connectivity index (χ0v) is 75.6. The fraction of sp³-hybridized carbons (Fsp3) is 0.211. The van der Waals surface area contributed by atoms with Gasteiger partial charge in [-0.2, -0.15) is 0 Å². The van der Waals surface area contributed by atoms with Gasteiger partial charge in [0.05, 0.1) is 0 Å². The molecule has 0 saturated carbocycles. The lowest BCUT2D eigenvalue weighted by Gasteiger charge is -2.46. The van der Waals surface area contributed by atoms with Crippen molar-refractivity contribution in [3.63, 3.8) is 0 Å². The van der Waals surface area contributed by atoms with Crippen molar-refractivity contribution in [3.05, 3.63) is 371 Å². The van der Waals surface area contributed by atoms with E-state index in [0.717, 1.165) is 17.1 Å². The first kappa shape index (κ1) is 77.6. The van der Waals surface area contributed by atoms with E-state index in [1.165, 1.54) is 257 Å². The minimum absolute atomic E-state index is 0.147. The summed E-state index contributed by atoms with van der Waals surface area (Å²) in [6.45, 7) is 50.6. The zero-order valence-electron chi connectivity index (χ0n) is 75.6. The predicted octanol–water partition coefficient (Wildman–Crippen LogP) is 24.1. The summed E-state index contributed by atoms with van der Waals surface area (Å²) >= 11 is 0. The van der Waals surface area contributed by atoms with E-state index >= 15 is 0 Å². The Bertz CT molecular complexity index is 6730. The Kier molecular flexibility index (Phi) is 17.6. The van der Waals surface area contributed by atoms with E-state index in [-0.39, 0.29) is 25.6 Å². The second-order valence-corrected chi connectivity index (χ2v) is 38.3. The van der Waals surface area contributed by atoms with Crippen molar-refractivity contribution >= 4 is 172 Å². The highest BCUT2D eigenvalue weighted by Gasteiger charge is 2.51. The molecule has 0 N–H and O–H groups in total. The topological polar surface area (TPSA) is 19.4 Å². The molecule has 9 heteroatoms. The molecule has 15 aromatic rings. The molecule has 0 saturated heterocycles. The maximum atomic E-state index is 2.71. The summed E-state index contributed by atoms with van der Waals surface area (Å²) in [4.78, 5) is 15.6. The highest BCUT2D eigenvalue weighted by atomic mass is 15.2. The molecule has 123 heavy (non-hydrogen) atoms. The molecule has 6 aliphatic heterocycles. The van der Waals surface area contributed by atoms with Crippen LogP contribution in [0.15, 0.2) is 249 Å². The molecule has 21 rings (SSSR count). The van der Waals surface area contributed by atoms with Crippen molar-refractivity contribution in [2.45, 2.75) is 163 Å². The Balaban J connectivity index is 0.882. The van der Waals surface area contributed by atoms with Crippen LogP contribution in [0.1, 0.15) is 150 Å². The van der Waals surface area contributed by atoms with E-state index in [2.05, 4.69) is 430 Å². The van der Waals surface area contributed by atoms with E-state index in [9.17, 15) is 0 Å². The second-order valence-electron chi connectivity index (χ2n) is 38.3. The third kappa shape index (κ3) is 11.5. The zero-order chi connectivity index (χ0) is 85.5. The van der Waals surface area contributed by atoms with Crippen molar-refractivity contribution in [1.29, 1.82) is 0 Å². The van der Waals surface area contributed by atoms with E-state index in [0.29, 0.717) is 0 Å². The summed E-state index contributed by atoms with van der Waals surface area (Å²) in [6, 6.07) is 99.5. The normalized spacial score (nSPS) is 13.8. The molecule has 15 aromatic carbocycles. The molecule has 0 aromatic heterocycles.